The van der Waals surface area contributed by atoms with Gasteiger partial charge in [0.15, 0.2) is 0 Å². The van der Waals surface area contributed by atoms with Gasteiger partial charge in [-0.05, 0) is 6.07 Å². The van der Waals surface area contributed by atoms with Crippen LogP contribution in [-0.4, -0.2) is 12.9 Å². The number of hydrogen-bond acceptors (Lipinski definition) is 1. The summed E-state index contributed by atoms with van der Waals surface area (Å²) < 4.78 is 39.5. The smallest absolute Gasteiger partial charge is 0.573 e. The van der Waals surface area contributed by atoms with Crippen molar-refractivity contribution in [2.75, 3.05) is 6.54 Å². The van der Waals surface area contributed by atoms with Gasteiger partial charge >= 0.3 is 6.36 Å². The third kappa shape index (κ3) is 3.16. The SMILES string of the molecule is CC[N-]c1ccccc1OC(F)(F)F. The second-order valence-corrected chi connectivity index (χ2v) is 2.49. The molecule has 0 N–H and O–H groups in total. The van der Waals surface area contributed by atoms with Crippen LogP contribution >= 0.6 is 0 Å². The number of halogens is 3. The van der Waals surface area contributed by atoms with Gasteiger partial charge in [-0.1, -0.05) is 30.8 Å². The first-order valence-electron chi connectivity index (χ1n) is 4.05. The van der Waals surface area contributed by atoms with Gasteiger partial charge in [0.05, 0.1) is 0 Å². The first-order valence-corrected chi connectivity index (χ1v) is 4.05. The van der Waals surface area contributed by atoms with Crippen LogP contribution in [0, 0.1) is 0 Å². The lowest BCUT2D eigenvalue weighted by atomic mass is 10.3. The summed E-state index contributed by atoms with van der Waals surface area (Å²) in [5.41, 5.74) is 0.215. The fraction of sp³-hybridized carbons (Fsp3) is 0.333. The van der Waals surface area contributed by atoms with Gasteiger partial charge in [-0.2, -0.15) is 0 Å². The fourth-order valence-corrected chi connectivity index (χ4v) is 0.969. The summed E-state index contributed by atoms with van der Waals surface area (Å²) in [6, 6.07) is 5.79. The topological polar surface area (TPSA) is 23.3 Å². The number of rotatable bonds is 3. The number of ether oxygens (including phenoxy) is 1. The van der Waals surface area contributed by atoms with Gasteiger partial charge in [0.2, 0.25) is 0 Å². The molecule has 0 spiro atoms. The third-order valence-corrected chi connectivity index (χ3v) is 1.42. The van der Waals surface area contributed by atoms with E-state index in [1.165, 1.54) is 18.2 Å². The van der Waals surface area contributed by atoms with Gasteiger partial charge < -0.3 is 10.1 Å². The van der Waals surface area contributed by atoms with Crippen molar-refractivity contribution >= 4 is 5.69 Å². The van der Waals surface area contributed by atoms with E-state index >= 15 is 0 Å². The molecule has 0 radical (unpaired) electrons. The standard InChI is InChI=1S/C9H9F3NO/c1-2-13-7-5-3-4-6-8(7)14-9(10,11)12/h3-6H,2H2,1H3/q-1. The maximum Gasteiger partial charge on any atom is 0.573 e. The summed E-state index contributed by atoms with van der Waals surface area (Å²) in [7, 11) is 0. The number of para-hydroxylation sites is 2. The Labute approximate surface area is 79.7 Å². The summed E-state index contributed by atoms with van der Waals surface area (Å²) in [4.78, 5) is 0. The Morgan fingerprint density at radius 2 is 1.93 bits per heavy atom. The molecule has 0 aliphatic rings. The molecule has 5 heteroatoms. The normalized spacial score (nSPS) is 11.1. The van der Waals surface area contributed by atoms with Crippen LogP contribution in [0.2, 0.25) is 0 Å². The van der Waals surface area contributed by atoms with Crippen molar-refractivity contribution in [1.29, 1.82) is 0 Å². The Balaban J connectivity index is 2.84. The molecule has 1 aromatic rings. The molecule has 2 nitrogen and oxygen atoms in total. The summed E-state index contributed by atoms with van der Waals surface area (Å²) in [6.07, 6.45) is -4.67. The predicted octanol–water partition coefficient (Wildman–Crippen LogP) is 3.61. The van der Waals surface area contributed by atoms with Crippen molar-refractivity contribution in [3.05, 3.63) is 29.6 Å². The van der Waals surface area contributed by atoms with Crippen molar-refractivity contribution in [2.24, 2.45) is 0 Å². The van der Waals surface area contributed by atoms with Crippen molar-refractivity contribution in [1.82, 2.24) is 0 Å². The van der Waals surface area contributed by atoms with Gasteiger partial charge in [0.1, 0.15) is 5.75 Å². The zero-order valence-corrected chi connectivity index (χ0v) is 7.51. The second-order valence-electron chi connectivity index (χ2n) is 2.49. The zero-order valence-electron chi connectivity index (χ0n) is 7.51. The first kappa shape index (κ1) is 10.7. The van der Waals surface area contributed by atoms with E-state index in [1.807, 2.05) is 0 Å². The lowest BCUT2D eigenvalue weighted by molar-refractivity contribution is -0.274. The fourth-order valence-electron chi connectivity index (χ4n) is 0.969. The van der Waals surface area contributed by atoms with Gasteiger partial charge in [-0.25, -0.2) is 0 Å². The molecule has 0 saturated heterocycles. The quantitative estimate of drug-likeness (QED) is 0.737. The minimum atomic E-state index is -4.67. The molecule has 0 aliphatic heterocycles. The first-order chi connectivity index (χ1) is 6.53. The van der Waals surface area contributed by atoms with Crippen LogP contribution in [0.4, 0.5) is 18.9 Å². The Hall–Kier alpha value is -1.39. The Morgan fingerprint density at radius 3 is 2.50 bits per heavy atom. The number of benzene rings is 1. The molecule has 78 valence electrons. The largest absolute Gasteiger partial charge is 0.682 e. The summed E-state index contributed by atoms with van der Waals surface area (Å²) in [5, 5.41) is 3.87. The van der Waals surface area contributed by atoms with Gasteiger partial charge in [-0.15, -0.1) is 19.7 Å². The van der Waals surface area contributed by atoms with Gasteiger partial charge in [0.25, 0.3) is 0 Å². The van der Waals surface area contributed by atoms with E-state index in [-0.39, 0.29) is 11.4 Å². The van der Waals surface area contributed by atoms with Crippen molar-refractivity contribution in [3.63, 3.8) is 0 Å². The maximum atomic E-state index is 11.9. The van der Waals surface area contributed by atoms with Gasteiger partial charge in [0, 0.05) is 0 Å². The Morgan fingerprint density at radius 1 is 1.29 bits per heavy atom. The minimum Gasteiger partial charge on any atom is -0.682 e. The summed E-state index contributed by atoms with van der Waals surface area (Å²) in [6.45, 7) is 2.16. The van der Waals surface area contributed by atoms with E-state index in [0.29, 0.717) is 6.54 Å². The summed E-state index contributed by atoms with van der Waals surface area (Å²) in [5.74, 6) is -0.262. The second kappa shape index (κ2) is 4.21. The Kier molecular flexibility index (Phi) is 3.22. The van der Waals surface area contributed by atoms with E-state index in [4.69, 9.17) is 0 Å². The minimum absolute atomic E-state index is 0.215. The highest BCUT2D eigenvalue weighted by molar-refractivity contribution is 5.59. The molecule has 0 amide bonds. The average molecular weight is 204 g/mol. The van der Waals surface area contributed by atoms with Crippen LogP contribution in [0.1, 0.15) is 6.92 Å². The predicted molar refractivity (Wildman–Crippen MR) is 46.7 cm³/mol. The van der Waals surface area contributed by atoms with E-state index in [9.17, 15) is 13.2 Å². The molecular formula is C9H9F3NO-. The molecule has 0 bridgehead atoms. The van der Waals surface area contributed by atoms with Gasteiger partial charge in [-0.3, -0.25) is 0 Å². The average Bonchev–Trinajstić information content (AvgIpc) is 2.06. The highest BCUT2D eigenvalue weighted by atomic mass is 19.4. The molecule has 0 unspecified atom stereocenters. The summed E-state index contributed by atoms with van der Waals surface area (Å²) >= 11 is 0. The van der Waals surface area contributed by atoms with E-state index in [1.54, 1.807) is 13.0 Å². The molecule has 14 heavy (non-hydrogen) atoms. The molecule has 0 heterocycles. The molecule has 0 aliphatic carbocycles. The van der Waals surface area contributed by atoms with Crippen LogP contribution in [0.5, 0.6) is 5.75 Å². The molecule has 1 rings (SSSR count). The Bertz CT molecular complexity index is 298. The van der Waals surface area contributed by atoms with Crippen LogP contribution in [-0.2, 0) is 0 Å². The highest BCUT2D eigenvalue weighted by Crippen LogP contribution is 2.34. The third-order valence-electron chi connectivity index (χ3n) is 1.42. The maximum absolute atomic E-state index is 11.9. The zero-order chi connectivity index (χ0) is 10.6. The molecule has 0 fully saturated rings. The molecule has 1 aromatic carbocycles. The van der Waals surface area contributed by atoms with E-state index < -0.39 is 6.36 Å². The van der Waals surface area contributed by atoms with Crippen LogP contribution in [0.15, 0.2) is 24.3 Å². The molecule has 0 atom stereocenters. The van der Waals surface area contributed by atoms with Crippen LogP contribution < -0.4 is 4.74 Å². The van der Waals surface area contributed by atoms with Crippen molar-refractivity contribution in [3.8, 4) is 5.75 Å². The van der Waals surface area contributed by atoms with Crippen LogP contribution in [0.3, 0.4) is 0 Å². The number of alkyl halides is 3. The van der Waals surface area contributed by atoms with E-state index in [2.05, 4.69) is 10.1 Å². The monoisotopic (exact) mass is 204 g/mol. The molecule has 0 saturated carbocycles. The van der Waals surface area contributed by atoms with E-state index in [0.717, 1.165) is 0 Å². The van der Waals surface area contributed by atoms with Crippen molar-refractivity contribution < 1.29 is 17.9 Å². The lowest BCUT2D eigenvalue weighted by Gasteiger charge is -2.22. The highest BCUT2D eigenvalue weighted by Gasteiger charge is 2.31. The number of hydrogen-bond donors (Lipinski definition) is 0. The van der Waals surface area contributed by atoms with Crippen LogP contribution in [0.25, 0.3) is 5.32 Å². The molecule has 0 aromatic heterocycles. The lowest BCUT2D eigenvalue weighted by Crippen LogP contribution is -2.17. The van der Waals surface area contributed by atoms with Crippen molar-refractivity contribution in [2.45, 2.75) is 13.3 Å². The number of nitrogens with zero attached hydrogens (tertiary/aromatic N) is 1. The molecular weight excluding hydrogens is 195 g/mol.